The van der Waals surface area contributed by atoms with Crippen molar-refractivity contribution in [2.75, 3.05) is 48.3 Å². The molecular weight excluding hydrogens is 572 g/mol. The van der Waals surface area contributed by atoms with Crippen LogP contribution in [-0.4, -0.2) is 62.9 Å². The Labute approximate surface area is 268 Å². The summed E-state index contributed by atoms with van der Waals surface area (Å²) >= 11 is 0. The summed E-state index contributed by atoms with van der Waals surface area (Å²) in [6.07, 6.45) is 4.06. The van der Waals surface area contributed by atoms with Crippen molar-refractivity contribution >= 4 is 34.6 Å². The van der Waals surface area contributed by atoms with Gasteiger partial charge in [0.25, 0.3) is 0 Å². The number of imidazole rings is 1. The number of fused-ring (bicyclic) bond motifs is 1. The number of anilines is 4. The summed E-state index contributed by atoms with van der Waals surface area (Å²) in [4.78, 5) is 32.2. The van der Waals surface area contributed by atoms with Crippen LogP contribution in [0.1, 0.15) is 12.5 Å². The number of carbonyl (C=O) groups is 1. The average Bonchev–Trinajstić information content (AvgIpc) is 3.49. The molecule has 0 bridgehead atoms. The zero-order chi connectivity index (χ0) is 31.3. The van der Waals surface area contributed by atoms with Gasteiger partial charge in [-0.25, -0.2) is 15.0 Å². The highest BCUT2D eigenvalue weighted by atomic mass is 16.1. The molecule has 3 aromatic carbocycles. The lowest BCUT2D eigenvalue weighted by molar-refractivity contribution is -0.115. The summed E-state index contributed by atoms with van der Waals surface area (Å²) in [6.45, 7) is 7.58. The highest BCUT2D eigenvalue weighted by Gasteiger charge is 2.19. The monoisotopic (exact) mass is 608 g/mol. The number of aromatic nitrogens is 4. The Bertz CT molecular complexity index is 1950. The van der Waals surface area contributed by atoms with Gasteiger partial charge in [0.15, 0.2) is 0 Å². The number of piperazine rings is 1. The molecule has 6 aromatic rings. The van der Waals surface area contributed by atoms with E-state index >= 15 is 0 Å². The normalized spacial score (nSPS) is 13.5. The molecule has 0 spiro atoms. The van der Waals surface area contributed by atoms with E-state index in [1.54, 1.807) is 6.20 Å². The first-order valence-corrected chi connectivity index (χ1v) is 15.7. The molecule has 46 heavy (non-hydrogen) atoms. The number of pyridine rings is 1. The van der Waals surface area contributed by atoms with Crippen LogP contribution in [0.25, 0.3) is 28.3 Å². The maximum Gasteiger partial charge on any atom is 0.228 e. The van der Waals surface area contributed by atoms with Crippen molar-refractivity contribution in [3.8, 4) is 22.6 Å². The number of amides is 1. The lowest BCUT2D eigenvalue weighted by atomic mass is 10.1. The van der Waals surface area contributed by atoms with Crippen molar-refractivity contribution < 1.29 is 4.79 Å². The van der Waals surface area contributed by atoms with E-state index < -0.39 is 0 Å². The van der Waals surface area contributed by atoms with Gasteiger partial charge in [0.2, 0.25) is 11.9 Å². The largest absolute Gasteiger partial charge is 0.369 e. The molecule has 0 aliphatic carbocycles. The number of carbonyl (C=O) groups excluding carboxylic acids is 1. The van der Waals surface area contributed by atoms with Gasteiger partial charge >= 0.3 is 0 Å². The van der Waals surface area contributed by atoms with Crippen LogP contribution in [0.4, 0.5) is 23.0 Å². The molecule has 7 rings (SSSR count). The number of nitrogens with one attached hydrogen (secondary N) is 2. The summed E-state index contributed by atoms with van der Waals surface area (Å²) in [5, 5.41) is 6.43. The molecule has 4 heterocycles. The zero-order valence-corrected chi connectivity index (χ0v) is 25.8. The van der Waals surface area contributed by atoms with E-state index in [-0.39, 0.29) is 5.91 Å². The topological polar surface area (TPSA) is 90.7 Å². The SMILES string of the molecule is CCN1CCN(c2ccc(Nc3nccc(-c4c(-c5cccc(NC(=O)Cc6ccccc6)c5)nc5ccccn45)n3)cc2)CC1. The first-order valence-electron chi connectivity index (χ1n) is 15.7. The summed E-state index contributed by atoms with van der Waals surface area (Å²) in [5.74, 6) is 0.428. The number of likely N-dealkylation sites (N-methyl/N-ethyl adjacent to an activating group) is 1. The second kappa shape index (κ2) is 13.2. The van der Waals surface area contributed by atoms with E-state index in [0.29, 0.717) is 18.1 Å². The van der Waals surface area contributed by atoms with Crippen molar-refractivity contribution in [2.45, 2.75) is 13.3 Å². The molecular formula is C37H36N8O. The molecule has 9 nitrogen and oxygen atoms in total. The third-order valence-corrected chi connectivity index (χ3v) is 8.36. The van der Waals surface area contributed by atoms with Crippen LogP contribution in [0, 0.1) is 0 Å². The van der Waals surface area contributed by atoms with Gasteiger partial charge in [0.1, 0.15) is 5.65 Å². The first-order chi connectivity index (χ1) is 22.6. The maximum atomic E-state index is 12.8. The van der Waals surface area contributed by atoms with Crippen molar-refractivity contribution in [3.63, 3.8) is 0 Å². The fourth-order valence-electron chi connectivity index (χ4n) is 5.93. The quantitative estimate of drug-likeness (QED) is 0.193. The smallest absolute Gasteiger partial charge is 0.228 e. The molecule has 1 amide bonds. The highest BCUT2D eigenvalue weighted by Crippen LogP contribution is 2.33. The molecule has 3 aromatic heterocycles. The van der Waals surface area contributed by atoms with E-state index in [0.717, 1.165) is 72.3 Å². The summed E-state index contributed by atoms with van der Waals surface area (Å²) in [7, 11) is 0. The minimum absolute atomic E-state index is 0.0720. The summed E-state index contributed by atoms with van der Waals surface area (Å²) in [5.41, 5.74) is 7.84. The Morgan fingerprint density at radius 2 is 1.61 bits per heavy atom. The molecule has 230 valence electrons. The second-order valence-electron chi connectivity index (χ2n) is 11.4. The standard InChI is InChI=1S/C37H36N8O/c1-2-43-21-23-44(24-22-43)31-16-14-29(15-17-31)40-37-38-19-18-32(41-37)36-35(42-33-13-6-7-20-45(33)36)28-11-8-12-30(26-28)39-34(46)25-27-9-4-3-5-10-27/h3-20,26H,2,21-25H2,1H3,(H,39,46)(H,38,40,41). The molecule has 0 saturated carbocycles. The minimum Gasteiger partial charge on any atom is -0.369 e. The van der Waals surface area contributed by atoms with Gasteiger partial charge in [0.05, 0.1) is 23.5 Å². The van der Waals surface area contributed by atoms with Gasteiger partial charge < -0.3 is 20.4 Å². The van der Waals surface area contributed by atoms with Crippen LogP contribution in [0.3, 0.4) is 0 Å². The maximum absolute atomic E-state index is 12.8. The third-order valence-electron chi connectivity index (χ3n) is 8.36. The number of benzene rings is 3. The van der Waals surface area contributed by atoms with Crippen molar-refractivity contribution in [3.05, 3.63) is 121 Å². The lowest BCUT2D eigenvalue weighted by Crippen LogP contribution is -2.46. The number of rotatable bonds is 9. The van der Waals surface area contributed by atoms with E-state index in [9.17, 15) is 4.79 Å². The molecule has 0 radical (unpaired) electrons. The molecule has 1 fully saturated rings. The van der Waals surface area contributed by atoms with Crippen LogP contribution in [0.2, 0.25) is 0 Å². The minimum atomic E-state index is -0.0720. The van der Waals surface area contributed by atoms with Crippen molar-refractivity contribution in [2.24, 2.45) is 0 Å². The van der Waals surface area contributed by atoms with Crippen molar-refractivity contribution in [1.82, 2.24) is 24.3 Å². The Morgan fingerprint density at radius 3 is 2.41 bits per heavy atom. The molecule has 1 saturated heterocycles. The van der Waals surface area contributed by atoms with Gasteiger partial charge in [-0.15, -0.1) is 0 Å². The molecule has 9 heteroatoms. The Balaban J connectivity index is 1.14. The molecule has 1 aliphatic rings. The number of hydrogen-bond acceptors (Lipinski definition) is 7. The van der Waals surface area contributed by atoms with Crippen molar-refractivity contribution in [1.29, 1.82) is 0 Å². The van der Waals surface area contributed by atoms with Gasteiger partial charge in [0, 0.05) is 61.2 Å². The molecule has 0 atom stereocenters. The number of hydrogen-bond donors (Lipinski definition) is 2. The third kappa shape index (κ3) is 6.45. The van der Waals surface area contributed by atoms with E-state index in [1.807, 2.05) is 89.5 Å². The number of nitrogens with zero attached hydrogens (tertiary/aromatic N) is 6. The van der Waals surface area contributed by atoms with E-state index in [1.165, 1.54) is 5.69 Å². The molecule has 1 aliphatic heterocycles. The van der Waals surface area contributed by atoms with Gasteiger partial charge in [-0.05, 0) is 66.7 Å². The van der Waals surface area contributed by atoms with Crippen LogP contribution in [0.5, 0.6) is 0 Å². The van der Waals surface area contributed by atoms with Gasteiger partial charge in [-0.2, -0.15) is 0 Å². The lowest BCUT2D eigenvalue weighted by Gasteiger charge is -2.35. The average molecular weight is 609 g/mol. The first kappa shape index (κ1) is 29.2. The van der Waals surface area contributed by atoms with E-state index in [4.69, 9.17) is 9.97 Å². The second-order valence-corrected chi connectivity index (χ2v) is 11.4. The van der Waals surface area contributed by atoms with Crippen LogP contribution < -0.4 is 15.5 Å². The highest BCUT2D eigenvalue weighted by molar-refractivity contribution is 5.93. The zero-order valence-electron chi connectivity index (χ0n) is 25.8. The van der Waals surface area contributed by atoms with Gasteiger partial charge in [-0.3, -0.25) is 9.20 Å². The van der Waals surface area contributed by atoms with E-state index in [2.05, 4.69) is 56.6 Å². The fourth-order valence-corrected chi connectivity index (χ4v) is 5.93. The summed E-state index contributed by atoms with van der Waals surface area (Å²) < 4.78 is 2.04. The van der Waals surface area contributed by atoms with Gasteiger partial charge in [-0.1, -0.05) is 55.5 Å². The predicted octanol–water partition coefficient (Wildman–Crippen LogP) is 6.53. The van der Waals surface area contributed by atoms with Crippen LogP contribution in [0.15, 0.2) is 116 Å². The Morgan fingerprint density at radius 1 is 0.804 bits per heavy atom. The molecule has 2 N–H and O–H groups in total. The van der Waals surface area contributed by atoms with Crippen LogP contribution >= 0.6 is 0 Å². The molecule has 0 unspecified atom stereocenters. The summed E-state index contributed by atoms with van der Waals surface area (Å²) in [6, 6.07) is 33.8. The Hall–Kier alpha value is -5.54. The predicted molar refractivity (Wildman–Crippen MR) is 184 cm³/mol. The fraction of sp³-hybridized carbons (Fsp3) is 0.189. The van der Waals surface area contributed by atoms with Crippen LogP contribution in [-0.2, 0) is 11.2 Å². The Kier molecular flexibility index (Phi) is 8.38.